The van der Waals surface area contributed by atoms with Crippen molar-refractivity contribution in [3.05, 3.63) is 53.6 Å². The quantitative estimate of drug-likeness (QED) is 0.705. The predicted octanol–water partition coefficient (Wildman–Crippen LogP) is 3.93. The molecule has 0 saturated carbocycles. The molecule has 1 atom stereocenters. The molecule has 0 radical (unpaired) electrons. The molecular weight excluding hydrogens is 324 g/mol. The van der Waals surface area contributed by atoms with Gasteiger partial charge in [0.25, 0.3) is 5.91 Å². The molecule has 3 heterocycles. The first-order valence-corrected chi connectivity index (χ1v) is 9.03. The van der Waals surface area contributed by atoms with E-state index in [2.05, 4.69) is 23.0 Å². The Labute approximate surface area is 153 Å². The number of amides is 1. The summed E-state index contributed by atoms with van der Waals surface area (Å²) >= 11 is 0. The summed E-state index contributed by atoms with van der Waals surface area (Å²) in [6.45, 7) is 6.96. The van der Waals surface area contributed by atoms with Crippen molar-refractivity contribution in [3.8, 4) is 11.3 Å². The maximum absolute atomic E-state index is 13.5. The van der Waals surface area contributed by atoms with E-state index < -0.39 is 0 Å². The smallest absolute Gasteiger partial charge is 0.255 e. The van der Waals surface area contributed by atoms with E-state index in [9.17, 15) is 4.79 Å². The number of benzene rings is 1. The minimum Gasteiger partial charge on any atom is -0.336 e. The summed E-state index contributed by atoms with van der Waals surface area (Å²) < 4.78 is 0. The maximum atomic E-state index is 13.5. The number of hydrogen-bond donors (Lipinski definition) is 0. The summed E-state index contributed by atoms with van der Waals surface area (Å²) in [6, 6.07) is 6.36. The highest BCUT2D eigenvalue weighted by atomic mass is 16.2. The van der Waals surface area contributed by atoms with Crippen molar-refractivity contribution in [1.29, 1.82) is 0 Å². The molecule has 26 heavy (non-hydrogen) atoms. The minimum atomic E-state index is 0.101. The van der Waals surface area contributed by atoms with Crippen LogP contribution in [0.25, 0.3) is 22.2 Å². The van der Waals surface area contributed by atoms with Gasteiger partial charge in [-0.3, -0.25) is 4.79 Å². The zero-order valence-corrected chi connectivity index (χ0v) is 15.4. The Morgan fingerprint density at radius 2 is 1.96 bits per heavy atom. The molecule has 1 unspecified atom stereocenters. The number of carbonyl (C=O) groups is 1. The van der Waals surface area contributed by atoms with Crippen molar-refractivity contribution >= 4 is 16.8 Å². The fraction of sp³-hybridized carbons (Fsp3) is 0.333. The van der Waals surface area contributed by atoms with Crippen LogP contribution < -0.4 is 0 Å². The van der Waals surface area contributed by atoms with Crippen molar-refractivity contribution in [2.24, 2.45) is 0 Å². The Balaban J connectivity index is 1.98. The van der Waals surface area contributed by atoms with E-state index in [1.165, 1.54) is 6.33 Å². The van der Waals surface area contributed by atoms with Crippen LogP contribution in [0.2, 0.25) is 0 Å². The van der Waals surface area contributed by atoms with E-state index in [1.54, 1.807) is 12.4 Å². The van der Waals surface area contributed by atoms with Gasteiger partial charge in [-0.25, -0.2) is 15.0 Å². The second-order valence-corrected chi connectivity index (χ2v) is 7.10. The van der Waals surface area contributed by atoms with Crippen LogP contribution in [0.3, 0.4) is 0 Å². The lowest BCUT2D eigenvalue weighted by molar-refractivity contribution is 0.0748. The number of aryl methyl sites for hydroxylation is 1. The first-order valence-electron chi connectivity index (χ1n) is 9.03. The van der Waals surface area contributed by atoms with Gasteiger partial charge in [0.1, 0.15) is 6.33 Å². The minimum absolute atomic E-state index is 0.101. The number of carbonyl (C=O) groups excluding carboxylic acids is 1. The first kappa shape index (κ1) is 16.6. The van der Waals surface area contributed by atoms with Crippen LogP contribution in [-0.2, 0) is 0 Å². The van der Waals surface area contributed by atoms with Crippen molar-refractivity contribution in [3.63, 3.8) is 0 Å². The summed E-state index contributed by atoms with van der Waals surface area (Å²) in [6.07, 6.45) is 7.12. The molecule has 0 N–H and O–H groups in total. The molecule has 1 aliphatic rings. The Kier molecular flexibility index (Phi) is 4.15. The lowest BCUT2D eigenvalue weighted by Crippen LogP contribution is -2.34. The molecular formula is C21H22N4O. The number of fused-ring (bicyclic) bond motifs is 1. The maximum Gasteiger partial charge on any atom is 0.255 e. The van der Waals surface area contributed by atoms with Gasteiger partial charge in [0.05, 0.1) is 16.8 Å². The van der Waals surface area contributed by atoms with Gasteiger partial charge in [-0.15, -0.1) is 0 Å². The highest BCUT2D eigenvalue weighted by Gasteiger charge is 2.29. The third-order valence-corrected chi connectivity index (χ3v) is 5.25. The van der Waals surface area contributed by atoms with E-state index in [-0.39, 0.29) is 11.9 Å². The Morgan fingerprint density at radius 1 is 1.19 bits per heavy atom. The SMILES string of the molecule is Cc1ccc2nc(-c3cncnc3)c(C)c(C(=O)N3CCCC3C)c2c1. The van der Waals surface area contributed by atoms with Crippen molar-refractivity contribution < 1.29 is 4.79 Å². The fourth-order valence-electron chi connectivity index (χ4n) is 3.83. The average molecular weight is 346 g/mol. The average Bonchev–Trinajstić information content (AvgIpc) is 3.07. The summed E-state index contributed by atoms with van der Waals surface area (Å²) in [4.78, 5) is 28.5. The van der Waals surface area contributed by atoms with Gasteiger partial charge in [-0.05, 0) is 51.3 Å². The topological polar surface area (TPSA) is 59.0 Å². The highest BCUT2D eigenvalue weighted by Crippen LogP contribution is 2.32. The van der Waals surface area contributed by atoms with E-state index in [0.717, 1.165) is 58.2 Å². The molecule has 4 rings (SSSR count). The van der Waals surface area contributed by atoms with Crippen LogP contribution in [0.15, 0.2) is 36.9 Å². The third kappa shape index (κ3) is 2.73. The number of aromatic nitrogens is 3. The molecule has 0 aliphatic carbocycles. The Hall–Kier alpha value is -2.82. The Bertz CT molecular complexity index is 984. The van der Waals surface area contributed by atoms with Gasteiger partial charge >= 0.3 is 0 Å². The van der Waals surface area contributed by atoms with Gasteiger partial charge in [0, 0.05) is 35.9 Å². The van der Waals surface area contributed by atoms with E-state index in [0.29, 0.717) is 0 Å². The zero-order chi connectivity index (χ0) is 18.3. The molecule has 2 aromatic heterocycles. The number of hydrogen-bond acceptors (Lipinski definition) is 4. The molecule has 1 aliphatic heterocycles. The summed E-state index contributed by atoms with van der Waals surface area (Å²) in [5.41, 5.74) is 5.20. The van der Waals surface area contributed by atoms with Gasteiger partial charge in [0.15, 0.2) is 0 Å². The molecule has 3 aromatic rings. The van der Waals surface area contributed by atoms with E-state index in [4.69, 9.17) is 4.98 Å². The molecule has 0 spiro atoms. The number of rotatable bonds is 2. The second kappa shape index (κ2) is 6.48. The highest BCUT2D eigenvalue weighted by molar-refractivity contribution is 6.09. The lowest BCUT2D eigenvalue weighted by atomic mass is 9.96. The van der Waals surface area contributed by atoms with Crippen LogP contribution in [0.5, 0.6) is 0 Å². The van der Waals surface area contributed by atoms with Crippen molar-refractivity contribution in [2.45, 2.75) is 39.7 Å². The molecule has 1 aromatic carbocycles. The first-order chi connectivity index (χ1) is 12.6. The number of nitrogens with zero attached hydrogens (tertiary/aromatic N) is 4. The zero-order valence-electron chi connectivity index (χ0n) is 15.4. The third-order valence-electron chi connectivity index (χ3n) is 5.25. The van der Waals surface area contributed by atoms with Gasteiger partial charge in [0.2, 0.25) is 0 Å². The Morgan fingerprint density at radius 3 is 2.65 bits per heavy atom. The van der Waals surface area contributed by atoms with Crippen LogP contribution in [0.1, 0.15) is 41.3 Å². The van der Waals surface area contributed by atoms with Gasteiger partial charge < -0.3 is 4.90 Å². The fourth-order valence-corrected chi connectivity index (χ4v) is 3.83. The lowest BCUT2D eigenvalue weighted by Gasteiger charge is -2.24. The molecule has 5 heteroatoms. The molecule has 0 bridgehead atoms. The summed E-state index contributed by atoms with van der Waals surface area (Å²) in [5, 5.41) is 0.923. The molecule has 1 fully saturated rings. The normalized spacial score (nSPS) is 17.0. The monoisotopic (exact) mass is 346 g/mol. The molecule has 132 valence electrons. The number of pyridine rings is 1. The van der Waals surface area contributed by atoms with Crippen LogP contribution >= 0.6 is 0 Å². The van der Waals surface area contributed by atoms with E-state index >= 15 is 0 Å². The van der Waals surface area contributed by atoms with Crippen LogP contribution in [-0.4, -0.2) is 38.3 Å². The molecule has 1 saturated heterocycles. The van der Waals surface area contributed by atoms with Gasteiger partial charge in [-0.1, -0.05) is 11.6 Å². The largest absolute Gasteiger partial charge is 0.336 e. The standard InChI is InChI=1S/C21H22N4O/c1-13-6-7-18-17(9-13)19(21(26)25-8-4-5-14(25)2)15(3)20(24-18)16-10-22-12-23-11-16/h6-7,9-12,14H,4-5,8H2,1-3H3. The summed E-state index contributed by atoms with van der Waals surface area (Å²) in [5.74, 6) is 0.101. The number of likely N-dealkylation sites (tertiary alicyclic amines) is 1. The van der Waals surface area contributed by atoms with Crippen LogP contribution in [0, 0.1) is 13.8 Å². The molecule has 1 amide bonds. The summed E-state index contributed by atoms with van der Waals surface area (Å²) in [7, 11) is 0. The second-order valence-electron chi connectivity index (χ2n) is 7.10. The van der Waals surface area contributed by atoms with Crippen LogP contribution in [0.4, 0.5) is 0 Å². The van der Waals surface area contributed by atoms with E-state index in [1.807, 2.05) is 30.9 Å². The predicted molar refractivity (Wildman–Crippen MR) is 102 cm³/mol. The molecule has 5 nitrogen and oxygen atoms in total. The van der Waals surface area contributed by atoms with Crippen molar-refractivity contribution in [1.82, 2.24) is 19.9 Å². The van der Waals surface area contributed by atoms with Crippen molar-refractivity contribution in [2.75, 3.05) is 6.54 Å². The van der Waals surface area contributed by atoms with Gasteiger partial charge in [-0.2, -0.15) is 0 Å².